The number of carbonyl (C=O) groups is 2. The fourth-order valence-electron chi connectivity index (χ4n) is 2.09. The molecular formula is C15H20N4O3S. The van der Waals surface area contributed by atoms with Crippen molar-refractivity contribution in [3.05, 3.63) is 18.2 Å². The van der Waals surface area contributed by atoms with Crippen LogP contribution in [0, 0.1) is 5.92 Å². The van der Waals surface area contributed by atoms with E-state index >= 15 is 0 Å². The van der Waals surface area contributed by atoms with Crippen molar-refractivity contribution in [2.75, 3.05) is 11.9 Å². The zero-order valence-electron chi connectivity index (χ0n) is 13.3. The highest BCUT2D eigenvalue weighted by molar-refractivity contribution is 7.22. The monoisotopic (exact) mass is 336 g/mol. The molecule has 2 aromatic rings. The van der Waals surface area contributed by atoms with Gasteiger partial charge in [-0.15, -0.1) is 0 Å². The summed E-state index contributed by atoms with van der Waals surface area (Å²) in [7, 11) is 0. The second-order valence-electron chi connectivity index (χ2n) is 5.30. The topological polar surface area (TPSA) is 106 Å². The van der Waals surface area contributed by atoms with E-state index in [0.29, 0.717) is 11.7 Å². The number of anilines is 1. The Morgan fingerprint density at radius 3 is 2.74 bits per heavy atom. The number of rotatable bonds is 6. The molecule has 124 valence electrons. The van der Waals surface area contributed by atoms with Crippen molar-refractivity contribution in [3.8, 4) is 5.75 Å². The molecule has 0 aliphatic heterocycles. The highest BCUT2D eigenvalue weighted by Gasteiger charge is 2.24. The van der Waals surface area contributed by atoms with Crippen LogP contribution in [0.2, 0.25) is 0 Å². The Kier molecular flexibility index (Phi) is 5.38. The molecule has 3 amide bonds. The second-order valence-corrected chi connectivity index (χ2v) is 6.33. The van der Waals surface area contributed by atoms with E-state index < -0.39 is 12.1 Å². The molecule has 1 atom stereocenters. The lowest BCUT2D eigenvalue weighted by Gasteiger charge is -2.19. The molecule has 0 fully saturated rings. The number of nitrogens with zero attached hydrogens (tertiary/aromatic N) is 1. The molecule has 0 bridgehead atoms. The molecule has 23 heavy (non-hydrogen) atoms. The van der Waals surface area contributed by atoms with Crippen LogP contribution in [0.15, 0.2) is 18.2 Å². The summed E-state index contributed by atoms with van der Waals surface area (Å²) in [4.78, 5) is 27.7. The van der Waals surface area contributed by atoms with E-state index in [1.54, 1.807) is 0 Å². The smallest absolute Gasteiger partial charge is 0.312 e. The van der Waals surface area contributed by atoms with Crippen molar-refractivity contribution in [2.24, 2.45) is 11.7 Å². The minimum absolute atomic E-state index is 0.0959. The third kappa shape index (κ3) is 4.32. The molecule has 0 saturated heterocycles. The summed E-state index contributed by atoms with van der Waals surface area (Å²) in [5.74, 6) is 0.321. The van der Waals surface area contributed by atoms with Crippen LogP contribution in [-0.4, -0.2) is 29.6 Å². The van der Waals surface area contributed by atoms with E-state index in [1.165, 1.54) is 11.3 Å². The quantitative estimate of drug-likeness (QED) is 0.752. The number of carbonyl (C=O) groups excluding carboxylic acids is 2. The SMILES string of the molecule is CCOc1ccc2nc(NC(=O)[C@@H](NC(N)=O)C(C)C)sc2c1. The van der Waals surface area contributed by atoms with E-state index in [4.69, 9.17) is 10.5 Å². The largest absolute Gasteiger partial charge is 0.494 e. The van der Waals surface area contributed by atoms with E-state index in [0.717, 1.165) is 16.0 Å². The van der Waals surface area contributed by atoms with Gasteiger partial charge in [-0.3, -0.25) is 4.79 Å². The summed E-state index contributed by atoms with van der Waals surface area (Å²) in [6.45, 7) is 6.16. The van der Waals surface area contributed by atoms with Crippen molar-refractivity contribution in [1.29, 1.82) is 0 Å². The minimum atomic E-state index is -0.732. The number of ether oxygens (including phenoxy) is 1. The Bertz CT molecular complexity index is 714. The predicted octanol–water partition coefficient (Wildman–Crippen LogP) is 2.33. The van der Waals surface area contributed by atoms with Crippen LogP contribution in [0.25, 0.3) is 10.2 Å². The Labute approximate surface area is 138 Å². The van der Waals surface area contributed by atoms with Crippen LogP contribution in [-0.2, 0) is 4.79 Å². The lowest BCUT2D eigenvalue weighted by atomic mass is 10.0. The first-order valence-electron chi connectivity index (χ1n) is 7.31. The number of amides is 3. The van der Waals surface area contributed by atoms with Gasteiger partial charge in [0.05, 0.1) is 16.8 Å². The highest BCUT2D eigenvalue weighted by Crippen LogP contribution is 2.29. The number of aromatic nitrogens is 1. The molecule has 0 aliphatic carbocycles. The summed E-state index contributed by atoms with van der Waals surface area (Å²) >= 11 is 1.35. The zero-order valence-corrected chi connectivity index (χ0v) is 14.1. The Morgan fingerprint density at radius 1 is 1.39 bits per heavy atom. The van der Waals surface area contributed by atoms with Gasteiger partial charge in [0, 0.05) is 0 Å². The third-order valence-corrected chi connectivity index (χ3v) is 4.08. The van der Waals surface area contributed by atoms with Gasteiger partial charge in [-0.25, -0.2) is 9.78 Å². The fourth-order valence-corrected chi connectivity index (χ4v) is 2.98. The third-order valence-electron chi connectivity index (χ3n) is 3.15. The standard InChI is InChI=1S/C15H20N4O3S/c1-4-22-9-5-6-10-11(7-9)23-15(17-10)19-13(20)12(8(2)3)18-14(16)21/h5-8,12H,4H2,1-3H3,(H3,16,18,21)(H,17,19,20)/t12-/m0/s1. The van der Waals surface area contributed by atoms with Gasteiger partial charge in [0.15, 0.2) is 5.13 Å². The van der Waals surface area contributed by atoms with Crippen LogP contribution in [0.1, 0.15) is 20.8 Å². The van der Waals surface area contributed by atoms with Crippen LogP contribution in [0.3, 0.4) is 0 Å². The van der Waals surface area contributed by atoms with Crippen LogP contribution in [0.5, 0.6) is 5.75 Å². The van der Waals surface area contributed by atoms with Gasteiger partial charge in [0.1, 0.15) is 11.8 Å². The molecule has 1 aromatic heterocycles. The number of urea groups is 1. The lowest BCUT2D eigenvalue weighted by Crippen LogP contribution is -2.49. The average molecular weight is 336 g/mol. The summed E-state index contributed by atoms with van der Waals surface area (Å²) < 4.78 is 6.36. The Hall–Kier alpha value is -2.35. The molecule has 0 spiro atoms. The summed E-state index contributed by atoms with van der Waals surface area (Å²) in [6.07, 6.45) is 0. The van der Waals surface area contributed by atoms with Crippen molar-refractivity contribution < 1.29 is 14.3 Å². The number of thiazole rings is 1. The van der Waals surface area contributed by atoms with Crippen molar-refractivity contribution >= 4 is 38.6 Å². The predicted molar refractivity (Wildman–Crippen MR) is 90.8 cm³/mol. The maximum atomic E-state index is 12.3. The maximum absolute atomic E-state index is 12.3. The fraction of sp³-hybridized carbons (Fsp3) is 0.400. The Morgan fingerprint density at radius 2 is 2.13 bits per heavy atom. The molecule has 7 nitrogen and oxygen atoms in total. The lowest BCUT2D eigenvalue weighted by molar-refractivity contribution is -0.118. The second kappa shape index (κ2) is 7.28. The van der Waals surface area contributed by atoms with Gasteiger partial charge in [-0.2, -0.15) is 0 Å². The summed E-state index contributed by atoms with van der Waals surface area (Å²) in [5.41, 5.74) is 5.89. The van der Waals surface area contributed by atoms with Crippen LogP contribution in [0.4, 0.5) is 9.93 Å². The van der Waals surface area contributed by atoms with E-state index in [9.17, 15) is 9.59 Å². The summed E-state index contributed by atoms with van der Waals surface area (Å²) in [5, 5.41) is 5.64. The molecule has 8 heteroatoms. The normalized spacial score (nSPS) is 12.2. The van der Waals surface area contributed by atoms with E-state index in [1.807, 2.05) is 39.0 Å². The van der Waals surface area contributed by atoms with Gasteiger partial charge < -0.3 is 21.1 Å². The Balaban J connectivity index is 2.16. The zero-order chi connectivity index (χ0) is 17.0. The number of primary amides is 1. The molecule has 2 rings (SSSR count). The first-order chi connectivity index (χ1) is 10.9. The van der Waals surface area contributed by atoms with Gasteiger partial charge >= 0.3 is 6.03 Å². The van der Waals surface area contributed by atoms with Crippen molar-refractivity contribution in [1.82, 2.24) is 10.3 Å². The van der Waals surface area contributed by atoms with E-state index in [-0.39, 0.29) is 11.8 Å². The number of hydrogen-bond acceptors (Lipinski definition) is 5. The molecule has 1 aromatic carbocycles. The number of nitrogens with one attached hydrogen (secondary N) is 2. The highest BCUT2D eigenvalue weighted by atomic mass is 32.1. The average Bonchev–Trinajstić information content (AvgIpc) is 2.85. The minimum Gasteiger partial charge on any atom is -0.494 e. The number of nitrogens with two attached hydrogens (primary N) is 1. The molecule has 0 aliphatic rings. The molecule has 1 heterocycles. The van der Waals surface area contributed by atoms with Gasteiger partial charge in [0.25, 0.3) is 0 Å². The van der Waals surface area contributed by atoms with Crippen molar-refractivity contribution in [2.45, 2.75) is 26.8 Å². The first kappa shape index (κ1) is 17.0. The maximum Gasteiger partial charge on any atom is 0.312 e. The molecular weight excluding hydrogens is 316 g/mol. The van der Waals surface area contributed by atoms with Crippen LogP contribution >= 0.6 is 11.3 Å². The van der Waals surface area contributed by atoms with Crippen molar-refractivity contribution in [3.63, 3.8) is 0 Å². The first-order valence-corrected chi connectivity index (χ1v) is 8.12. The summed E-state index contributed by atoms with van der Waals surface area (Å²) in [6, 6.07) is 4.12. The van der Waals surface area contributed by atoms with E-state index in [2.05, 4.69) is 15.6 Å². The van der Waals surface area contributed by atoms with Gasteiger partial charge in [-0.05, 0) is 31.0 Å². The number of benzene rings is 1. The molecule has 0 radical (unpaired) electrons. The van der Waals surface area contributed by atoms with Gasteiger partial charge in [-0.1, -0.05) is 25.2 Å². The number of hydrogen-bond donors (Lipinski definition) is 3. The molecule has 0 saturated carbocycles. The number of fused-ring (bicyclic) bond motifs is 1. The van der Waals surface area contributed by atoms with Gasteiger partial charge in [0.2, 0.25) is 5.91 Å². The van der Waals surface area contributed by atoms with Crippen LogP contribution < -0.4 is 21.1 Å². The molecule has 0 unspecified atom stereocenters. The molecule has 4 N–H and O–H groups in total.